The van der Waals surface area contributed by atoms with E-state index in [0.717, 1.165) is 12.8 Å². The van der Waals surface area contributed by atoms with E-state index in [-0.39, 0.29) is 39.7 Å². The molecule has 0 aliphatic heterocycles. The van der Waals surface area contributed by atoms with Gasteiger partial charge in [0.1, 0.15) is 0 Å². The van der Waals surface area contributed by atoms with E-state index in [9.17, 15) is 0 Å². The Morgan fingerprint density at radius 1 is 0.750 bits per heavy atom. The molecule has 0 nitrogen and oxygen atoms in total. The topological polar surface area (TPSA) is 0 Å². The van der Waals surface area contributed by atoms with Crippen LogP contribution in [-0.2, 0) is 36.2 Å². The quantitative estimate of drug-likeness (QED) is 0.391. The molecule has 0 amide bonds. The van der Waals surface area contributed by atoms with E-state index < -0.39 is 0 Å². The average Bonchev–Trinajstić information content (AvgIpc) is 3.18. The van der Waals surface area contributed by atoms with Crippen molar-refractivity contribution in [3.8, 4) is 0 Å². The summed E-state index contributed by atoms with van der Waals surface area (Å²) in [4.78, 5) is 0. The molecule has 2 aliphatic rings. The van der Waals surface area contributed by atoms with Crippen LogP contribution in [0.25, 0.3) is 12.2 Å². The Morgan fingerprint density at radius 3 is 1.46 bits per heavy atom. The van der Waals surface area contributed by atoms with Gasteiger partial charge in [0.05, 0.1) is 0 Å². The largest absolute Gasteiger partial charge is 0.147 e. The van der Waals surface area contributed by atoms with Crippen molar-refractivity contribution in [3.05, 3.63) is 97.8 Å². The minimum Gasteiger partial charge on any atom is -0.147 e. The maximum atomic E-state index is 3.16. The number of benzene rings is 2. The zero-order valence-corrected chi connectivity index (χ0v) is 19.7. The first-order chi connectivity index (χ1) is 9.93. The molecule has 4 rings (SSSR count). The van der Waals surface area contributed by atoms with Crippen molar-refractivity contribution in [3.63, 3.8) is 0 Å². The van der Waals surface area contributed by atoms with Crippen molar-refractivity contribution in [1.82, 2.24) is 0 Å². The average molecular weight is 455 g/mol. The van der Waals surface area contributed by atoms with Gasteiger partial charge in [-0.25, -0.2) is 0 Å². The molecule has 0 saturated carbocycles. The van der Waals surface area contributed by atoms with Gasteiger partial charge in [0.15, 0.2) is 0 Å². The van der Waals surface area contributed by atoms with Crippen LogP contribution >= 0.6 is 24.8 Å². The van der Waals surface area contributed by atoms with Gasteiger partial charge in [-0.3, -0.25) is 0 Å². The predicted octanol–water partition coefficient (Wildman–Crippen LogP) is 4.94. The van der Waals surface area contributed by atoms with Gasteiger partial charge in [0.25, 0.3) is 0 Å². The Labute approximate surface area is 176 Å². The van der Waals surface area contributed by atoms with E-state index in [2.05, 4.69) is 48.6 Å². The minimum atomic E-state index is 0. The van der Waals surface area contributed by atoms with Crippen LogP contribution in [0.5, 0.6) is 0 Å². The maximum Gasteiger partial charge on any atom is -0.0528 e. The van der Waals surface area contributed by atoms with Gasteiger partial charge in [-0.2, -0.15) is 0 Å². The number of hydrogen-bond donors (Lipinski definition) is 0. The summed E-state index contributed by atoms with van der Waals surface area (Å²) in [6.07, 6.45) is 10.8. The molecular weight excluding hydrogens is 430 g/mol. The molecule has 0 aromatic heterocycles. The van der Waals surface area contributed by atoms with E-state index in [1.54, 1.807) is 23.3 Å². The third-order valence-corrected chi connectivity index (χ3v) is 3.20. The van der Waals surface area contributed by atoms with E-state index in [1.165, 1.54) is 22.3 Å². The number of halogens is 2. The normalized spacial score (nSPS) is 10.5. The van der Waals surface area contributed by atoms with Crippen molar-refractivity contribution in [2.24, 2.45) is 0 Å². The monoisotopic (exact) mass is 452 g/mol. The molecule has 4 heteroatoms. The van der Waals surface area contributed by atoms with Crippen LogP contribution in [0.1, 0.15) is 22.3 Å². The Morgan fingerprint density at radius 2 is 1.12 bits per heavy atom. The molecule has 130 valence electrons. The molecular formula is C20H24Cl2SiZr-4. The Bertz CT molecular complexity index is 584. The first kappa shape index (κ1) is 28.4. The summed E-state index contributed by atoms with van der Waals surface area (Å²) >= 11 is 1.58. The summed E-state index contributed by atoms with van der Waals surface area (Å²) in [7, 11) is 0. The molecule has 0 N–H and O–H groups in total. The molecule has 0 radical (unpaired) electrons. The predicted molar refractivity (Wildman–Crippen MR) is 112 cm³/mol. The van der Waals surface area contributed by atoms with Crippen molar-refractivity contribution in [2.45, 2.75) is 12.8 Å². The number of rotatable bonds is 0. The van der Waals surface area contributed by atoms with Gasteiger partial charge in [-0.1, -0.05) is 12.8 Å². The molecule has 2 aliphatic carbocycles. The van der Waals surface area contributed by atoms with E-state index in [1.807, 2.05) is 31.1 Å². The number of fused-ring (bicyclic) bond motifs is 2. The summed E-state index contributed by atoms with van der Waals surface area (Å²) in [6.45, 7) is 1.95. The fourth-order valence-electron chi connectivity index (χ4n) is 2.24. The van der Waals surface area contributed by atoms with Gasteiger partial charge < -0.3 is 14.9 Å². The standard InChI is InChI=1S/2C9H7.2CH3.2ClH.H2Si.Zr/c2*1-2-5-9-7-3-6-8(9)4-1;;;;;;/h2*1-4,7H,6H2;2*1H3;2*1H;1H2;/q4*-1;;;;. The van der Waals surface area contributed by atoms with Gasteiger partial charge in [-0.15, -0.1) is 120 Å². The van der Waals surface area contributed by atoms with Crippen LogP contribution in [0.2, 0.25) is 0 Å². The number of allylic oxidation sites excluding steroid dienone is 2. The third-order valence-electron chi connectivity index (χ3n) is 3.20. The zero-order chi connectivity index (χ0) is 14.2. The molecule has 0 heterocycles. The number of hydrogen-bond acceptors (Lipinski definition) is 0. The smallest absolute Gasteiger partial charge is 0.0528 e. The molecule has 0 bridgehead atoms. The Kier molecular flexibility index (Phi) is 19.0. The zero-order valence-electron chi connectivity index (χ0n) is 14.2. The maximum absolute atomic E-state index is 3.16. The summed E-state index contributed by atoms with van der Waals surface area (Å²) in [5.41, 5.74) is 5.32. The van der Waals surface area contributed by atoms with Crippen LogP contribution < -0.4 is 0 Å². The Hall–Kier alpha value is -0.400. The van der Waals surface area contributed by atoms with Crippen molar-refractivity contribution >= 4 is 43.8 Å². The van der Waals surface area contributed by atoms with E-state index >= 15 is 0 Å². The van der Waals surface area contributed by atoms with Crippen LogP contribution in [0.3, 0.4) is 0 Å². The summed E-state index contributed by atoms with van der Waals surface area (Å²) in [6, 6.07) is 18.6. The van der Waals surface area contributed by atoms with Crippen molar-refractivity contribution in [2.75, 3.05) is 0 Å². The molecule has 2 aromatic carbocycles. The van der Waals surface area contributed by atoms with E-state index in [0.29, 0.717) is 0 Å². The van der Waals surface area contributed by atoms with Gasteiger partial charge in [0, 0.05) is 0 Å². The van der Waals surface area contributed by atoms with Crippen molar-refractivity contribution in [1.29, 1.82) is 0 Å². The van der Waals surface area contributed by atoms with Crippen LogP contribution in [-0.4, -0.2) is 6.88 Å². The van der Waals surface area contributed by atoms with Gasteiger partial charge in [-0.05, 0) is 0 Å². The fourth-order valence-corrected chi connectivity index (χ4v) is 2.24. The molecule has 2 aromatic rings. The molecule has 24 heavy (non-hydrogen) atoms. The molecule has 0 atom stereocenters. The molecule has 0 saturated heterocycles. The summed E-state index contributed by atoms with van der Waals surface area (Å²) < 4.78 is 0. The minimum absolute atomic E-state index is 0. The second-order valence-corrected chi connectivity index (χ2v) is 4.43. The molecule has 0 unspecified atom stereocenters. The van der Waals surface area contributed by atoms with Gasteiger partial charge in [0.2, 0.25) is 0 Å². The van der Waals surface area contributed by atoms with Crippen molar-refractivity contribution < 1.29 is 23.3 Å². The van der Waals surface area contributed by atoms with E-state index in [4.69, 9.17) is 0 Å². The Balaban J connectivity index is -0.000000290. The fraction of sp³-hybridized carbons (Fsp3) is 0.100. The first-order valence-corrected chi connectivity index (χ1v) is 12.5. The second-order valence-electron chi connectivity index (χ2n) is 4.43. The second kappa shape index (κ2) is 16.1. The van der Waals surface area contributed by atoms with Crippen LogP contribution in [0.4, 0.5) is 0 Å². The molecule has 0 fully saturated rings. The summed E-state index contributed by atoms with van der Waals surface area (Å²) in [5, 5.41) is 0. The first-order valence-electron chi connectivity index (χ1n) is 6.61. The van der Waals surface area contributed by atoms with Gasteiger partial charge >= 0.3 is 30.2 Å². The van der Waals surface area contributed by atoms with Crippen LogP contribution in [0, 0.1) is 27.0 Å². The molecule has 0 spiro atoms. The van der Waals surface area contributed by atoms with Crippen LogP contribution in [0.15, 0.2) is 48.6 Å². The SMILES string of the molecule is Cl.Cl.[CH3-].[CH3-].[SiH2]=[Zr].[c-]1cccc2c1C=CC2.[c-]1cccc2c1C=CC2. The third kappa shape index (κ3) is 8.12. The summed E-state index contributed by atoms with van der Waals surface area (Å²) in [5.74, 6) is 0.